The van der Waals surface area contributed by atoms with Gasteiger partial charge in [0, 0.05) is 6.54 Å². The van der Waals surface area contributed by atoms with Crippen LogP contribution < -0.4 is 29.1 Å². The molecule has 2 amide bonds. The molecule has 0 heterocycles. The number of methoxy groups -OCH3 is 3. The molecule has 44 heavy (non-hydrogen) atoms. The third-order valence-electron chi connectivity index (χ3n) is 6.84. The molecule has 0 aromatic heterocycles. The van der Waals surface area contributed by atoms with Crippen LogP contribution >= 0.6 is 0 Å². The maximum absolute atomic E-state index is 13.8. The van der Waals surface area contributed by atoms with Gasteiger partial charge < -0.3 is 24.8 Å². The zero-order chi connectivity index (χ0) is 31.7. The first-order chi connectivity index (χ1) is 21.2. The first-order valence-electron chi connectivity index (χ1n) is 13.8. The summed E-state index contributed by atoms with van der Waals surface area (Å²) in [4.78, 5) is 26.6. The number of para-hydroxylation sites is 3. The highest BCUT2D eigenvalue weighted by atomic mass is 32.2. The minimum Gasteiger partial charge on any atom is -0.495 e. The number of carbonyl (C=O) groups is 2. The average molecular weight is 618 g/mol. The summed E-state index contributed by atoms with van der Waals surface area (Å²) in [5.41, 5.74) is 2.51. The van der Waals surface area contributed by atoms with Crippen molar-refractivity contribution in [3.8, 4) is 17.2 Å². The van der Waals surface area contributed by atoms with Gasteiger partial charge in [0.2, 0.25) is 5.91 Å². The third-order valence-corrected chi connectivity index (χ3v) is 8.62. The molecule has 0 saturated carbocycles. The Balaban J connectivity index is 1.51. The van der Waals surface area contributed by atoms with Crippen LogP contribution in [0.4, 0.5) is 11.4 Å². The van der Waals surface area contributed by atoms with Crippen molar-refractivity contribution >= 4 is 33.2 Å². The van der Waals surface area contributed by atoms with Crippen LogP contribution in [-0.2, 0) is 21.2 Å². The predicted octanol–water partition coefficient (Wildman–Crippen LogP) is 4.83. The van der Waals surface area contributed by atoms with Gasteiger partial charge in [-0.2, -0.15) is 0 Å². The van der Waals surface area contributed by atoms with Gasteiger partial charge in [-0.1, -0.05) is 48.0 Å². The lowest BCUT2D eigenvalue weighted by Gasteiger charge is -2.26. The van der Waals surface area contributed by atoms with Crippen LogP contribution in [0.2, 0.25) is 0 Å². The highest BCUT2D eigenvalue weighted by Crippen LogP contribution is 2.32. The van der Waals surface area contributed by atoms with Crippen LogP contribution in [0.25, 0.3) is 0 Å². The van der Waals surface area contributed by atoms with Crippen molar-refractivity contribution < 1.29 is 32.2 Å². The van der Waals surface area contributed by atoms with Crippen molar-refractivity contribution in [3.05, 3.63) is 108 Å². The van der Waals surface area contributed by atoms with E-state index in [1.165, 1.54) is 19.2 Å². The number of nitrogens with one attached hydrogen (secondary N) is 2. The van der Waals surface area contributed by atoms with E-state index in [-0.39, 0.29) is 27.6 Å². The number of aryl methyl sites for hydroxylation is 1. The standard InChI is InChI=1S/C33H35N3O7S/c1-23-13-16-25(17-14-23)44(39,40)36(28-11-7-8-12-29(28)41-2)22-32(37)35-27-10-6-5-9-26(27)33(38)34-20-19-24-15-18-30(42-3)31(21-24)43-4/h5-18,21H,19-20,22H2,1-4H3,(H,34,38)(H,35,37). The second-order valence-corrected chi connectivity index (χ2v) is 11.6. The van der Waals surface area contributed by atoms with Crippen molar-refractivity contribution in [1.82, 2.24) is 5.32 Å². The summed E-state index contributed by atoms with van der Waals surface area (Å²) in [5, 5.41) is 5.59. The number of carbonyl (C=O) groups excluding carboxylic acids is 2. The van der Waals surface area contributed by atoms with Gasteiger partial charge in [-0.05, 0) is 67.4 Å². The molecule has 0 unspecified atom stereocenters. The van der Waals surface area contributed by atoms with Crippen LogP contribution in [0.15, 0.2) is 95.9 Å². The van der Waals surface area contributed by atoms with Gasteiger partial charge in [0.1, 0.15) is 12.3 Å². The summed E-state index contributed by atoms with van der Waals surface area (Å²) in [6, 6.07) is 25.0. The van der Waals surface area contributed by atoms with E-state index in [1.54, 1.807) is 80.9 Å². The maximum Gasteiger partial charge on any atom is 0.264 e. The van der Waals surface area contributed by atoms with Crippen LogP contribution in [0, 0.1) is 6.92 Å². The fourth-order valence-electron chi connectivity index (χ4n) is 4.53. The van der Waals surface area contributed by atoms with Gasteiger partial charge >= 0.3 is 0 Å². The van der Waals surface area contributed by atoms with Crippen molar-refractivity contribution in [2.75, 3.05) is 44.0 Å². The summed E-state index contributed by atoms with van der Waals surface area (Å²) in [5.74, 6) is 0.453. The number of benzene rings is 4. The third kappa shape index (κ3) is 7.48. The zero-order valence-corrected chi connectivity index (χ0v) is 25.8. The molecule has 0 radical (unpaired) electrons. The van der Waals surface area contributed by atoms with E-state index in [0.29, 0.717) is 24.5 Å². The Bertz CT molecular complexity index is 1720. The normalized spacial score (nSPS) is 10.9. The summed E-state index contributed by atoms with van der Waals surface area (Å²) in [6.45, 7) is 1.62. The van der Waals surface area contributed by atoms with Crippen LogP contribution in [0.5, 0.6) is 17.2 Å². The van der Waals surface area contributed by atoms with Crippen molar-refractivity contribution in [3.63, 3.8) is 0 Å². The van der Waals surface area contributed by atoms with Crippen molar-refractivity contribution in [2.24, 2.45) is 0 Å². The van der Waals surface area contributed by atoms with Gasteiger partial charge in [-0.25, -0.2) is 8.42 Å². The van der Waals surface area contributed by atoms with Gasteiger partial charge in [-0.15, -0.1) is 0 Å². The van der Waals surface area contributed by atoms with Crippen LogP contribution in [0.3, 0.4) is 0 Å². The Hall–Kier alpha value is -5.03. The first kappa shape index (κ1) is 31.9. The van der Waals surface area contributed by atoms with E-state index in [1.807, 2.05) is 19.1 Å². The van der Waals surface area contributed by atoms with E-state index in [9.17, 15) is 18.0 Å². The number of hydrogen-bond acceptors (Lipinski definition) is 7. The number of nitrogens with zero attached hydrogens (tertiary/aromatic N) is 1. The largest absolute Gasteiger partial charge is 0.495 e. The quantitative estimate of drug-likeness (QED) is 0.220. The van der Waals surface area contributed by atoms with Crippen molar-refractivity contribution in [2.45, 2.75) is 18.2 Å². The second kappa shape index (κ2) is 14.4. The highest BCUT2D eigenvalue weighted by molar-refractivity contribution is 7.92. The molecular formula is C33H35N3O7S. The Labute approximate surface area is 257 Å². The molecule has 4 aromatic rings. The fourth-order valence-corrected chi connectivity index (χ4v) is 5.97. The lowest BCUT2D eigenvalue weighted by molar-refractivity contribution is -0.114. The number of anilines is 2. The van der Waals surface area contributed by atoms with Crippen LogP contribution in [0.1, 0.15) is 21.5 Å². The summed E-state index contributed by atoms with van der Waals surface area (Å²) >= 11 is 0. The van der Waals surface area contributed by atoms with E-state index in [4.69, 9.17) is 14.2 Å². The fraction of sp³-hybridized carbons (Fsp3) is 0.212. The molecule has 0 aliphatic rings. The molecule has 0 saturated heterocycles. The SMILES string of the molecule is COc1ccc(CCNC(=O)c2ccccc2NC(=O)CN(c2ccccc2OC)S(=O)(=O)c2ccc(C)cc2)cc1OC. The van der Waals surface area contributed by atoms with E-state index in [0.717, 1.165) is 15.4 Å². The Morgan fingerprint density at radius 2 is 1.43 bits per heavy atom. The predicted molar refractivity (Wildman–Crippen MR) is 169 cm³/mol. The maximum atomic E-state index is 13.8. The molecule has 230 valence electrons. The molecule has 0 aliphatic carbocycles. The Kier molecular flexibility index (Phi) is 10.5. The number of amides is 2. The van der Waals surface area contributed by atoms with Gasteiger partial charge in [0.15, 0.2) is 11.5 Å². The van der Waals surface area contributed by atoms with E-state index in [2.05, 4.69) is 10.6 Å². The minimum absolute atomic E-state index is 0.0241. The second-order valence-electron chi connectivity index (χ2n) is 9.79. The lowest BCUT2D eigenvalue weighted by atomic mass is 10.1. The van der Waals surface area contributed by atoms with Gasteiger partial charge in [0.25, 0.3) is 15.9 Å². The summed E-state index contributed by atoms with van der Waals surface area (Å²) in [6.07, 6.45) is 0.533. The smallest absolute Gasteiger partial charge is 0.264 e. The molecule has 0 fully saturated rings. The summed E-state index contributed by atoms with van der Waals surface area (Å²) < 4.78 is 44.6. The highest BCUT2D eigenvalue weighted by Gasteiger charge is 2.29. The van der Waals surface area contributed by atoms with Crippen molar-refractivity contribution in [1.29, 1.82) is 0 Å². The summed E-state index contributed by atoms with van der Waals surface area (Å²) in [7, 11) is 0.378. The molecule has 4 rings (SSSR count). The number of ether oxygens (including phenoxy) is 3. The molecule has 0 atom stereocenters. The number of sulfonamides is 1. The molecule has 0 bridgehead atoms. The molecule has 11 heteroatoms. The van der Waals surface area contributed by atoms with Crippen LogP contribution in [-0.4, -0.2) is 54.7 Å². The van der Waals surface area contributed by atoms with E-state index < -0.39 is 28.4 Å². The topological polar surface area (TPSA) is 123 Å². The Morgan fingerprint density at radius 3 is 2.14 bits per heavy atom. The number of rotatable bonds is 13. The minimum atomic E-state index is -4.17. The molecule has 2 N–H and O–H groups in total. The zero-order valence-electron chi connectivity index (χ0n) is 25.0. The monoisotopic (exact) mass is 617 g/mol. The average Bonchev–Trinajstić information content (AvgIpc) is 3.03. The molecule has 0 spiro atoms. The Morgan fingerprint density at radius 1 is 0.773 bits per heavy atom. The molecule has 10 nitrogen and oxygen atoms in total. The molecule has 4 aromatic carbocycles. The van der Waals surface area contributed by atoms with Gasteiger partial charge in [0.05, 0.1) is 43.2 Å². The molecule has 0 aliphatic heterocycles. The van der Waals surface area contributed by atoms with Gasteiger partial charge in [-0.3, -0.25) is 13.9 Å². The molecular weight excluding hydrogens is 582 g/mol. The number of hydrogen-bond donors (Lipinski definition) is 2. The lowest BCUT2D eigenvalue weighted by Crippen LogP contribution is -2.38. The first-order valence-corrected chi connectivity index (χ1v) is 15.2. The van der Waals surface area contributed by atoms with E-state index >= 15 is 0 Å².